The van der Waals surface area contributed by atoms with E-state index < -0.39 is 10.4 Å². The van der Waals surface area contributed by atoms with Crippen molar-refractivity contribution in [1.82, 2.24) is 0 Å². The Morgan fingerprint density at radius 1 is 0.333 bits per heavy atom. The normalized spacial score (nSPS) is 5.62. The molecule has 0 rings (SSSR count). The van der Waals surface area contributed by atoms with Crippen molar-refractivity contribution < 1.29 is 424 Å². The van der Waals surface area contributed by atoms with Crippen LogP contribution in [0.1, 0.15) is 0 Å². The molecule has 0 saturated heterocycles. The summed E-state index contributed by atoms with van der Waals surface area (Å²) in [6.45, 7) is 0. The summed E-state index contributed by atoms with van der Waals surface area (Å²) < 4.78 is 19.0. The smallest absolute Gasteiger partial charge is 0.271 e. The molecule has 0 heterocycles. The van der Waals surface area contributed by atoms with Gasteiger partial charge in [-0.1, -0.05) is 0 Å². The van der Waals surface area contributed by atoms with Gasteiger partial charge >= 0.3 is 10.4 Å². The Balaban J connectivity index is -0.00000000364. The second-order valence-corrected chi connectivity index (χ2v) is 14.1. The fourth-order valence-corrected chi connectivity index (χ4v) is 0. The van der Waals surface area contributed by atoms with Gasteiger partial charge < -0.3 is 0 Å². The van der Waals surface area contributed by atoms with Crippen LogP contribution in [-0.4, -0.2) is 0 Å². The third kappa shape index (κ3) is 162. The van der Waals surface area contributed by atoms with E-state index in [0.29, 0.717) is 0 Å². The fourth-order valence-electron chi connectivity index (χ4n) is 0. The van der Waals surface area contributed by atoms with Crippen molar-refractivity contribution in [1.29, 1.82) is 0 Å². The van der Waals surface area contributed by atoms with Crippen LogP contribution < -0.4 is 0 Å². The van der Waals surface area contributed by atoms with Crippen LogP contribution in [0.25, 0.3) is 0 Å². The Bertz CT molecular complexity index is 147. The molecule has 2 nitrogen and oxygen atoms in total. The van der Waals surface area contributed by atoms with Crippen molar-refractivity contribution in [3.05, 3.63) is 0 Å². The van der Waals surface area contributed by atoms with E-state index in [1.807, 2.05) is 0 Å². The first-order valence-corrected chi connectivity index (χ1v) is 10.2. The van der Waals surface area contributed by atoms with Gasteiger partial charge in [-0.25, -0.2) is 0 Å². The molecule has 0 spiro atoms. The average Bonchev–Trinajstić information content (AvgIpc) is 1.12. The molecule has 0 atom stereocenters. The molecule has 0 bridgehead atoms. The summed E-state index contributed by atoms with van der Waals surface area (Å²) in [5.74, 6) is 0. The fraction of sp³-hybridized carbons (Fsp3) is 0. The first-order chi connectivity index (χ1) is 4.00. The average molecular weight is 746 g/mol. The minimum absolute atomic E-state index is 0. The first-order valence-electron chi connectivity index (χ1n) is 1.38. The summed E-state index contributed by atoms with van der Waals surface area (Å²) in [5, 5.41) is -6.44. The van der Waals surface area contributed by atoms with Crippen LogP contribution in [0.15, 0.2) is 0 Å². The van der Waals surface area contributed by atoms with Gasteiger partial charge in [0.2, 0.25) is 0 Å². The van der Waals surface area contributed by atoms with Gasteiger partial charge in [-0.2, -0.15) is 0 Å². The van der Waals surface area contributed by atoms with E-state index in [2.05, 4.69) is 67.4 Å². The SMILES string of the molecule is O=P(Cl)(Cl)Cl.O=P(Cl)(Cl)Cl.[Ar].[Ar].[Ar].[Ar].[Ar].[Ar].[Ar].[Ar].[Ar].[Ar].[Ar]. The zero-order valence-corrected chi connectivity index (χ0v) is 22.0. The topological polar surface area (TPSA) is 34.1 Å². The van der Waals surface area contributed by atoms with Gasteiger partial charge in [0.15, 0.2) is 0 Å². The summed E-state index contributed by atoms with van der Waals surface area (Å²) in [6.07, 6.45) is 0. The van der Waals surface area contributed by atoms with Gasteiger partial charge in [0, 0.05) is 415 Å². The number of hydrogen-bond acceptors (Lipinski definition) is 2. The Morgan fingerprint density at radius 2 is 0.333 bits per heavy atom. The second kappa shape index (κ2) is 56.3. The summed E-state index contributed by atoms with van der Waals surface area (Å²) >= 11 is 27.7. The van der Waals surface area contributed by atoms with E-state index in [1.54, 1.807) is 0 Å². The maximum Gasteiger partial charge on any atom is 0.339 e. The largest absolute Gasteiger partial charge is 0.339 e. The Labute approximate surface area is 484 Å². The standard InChI is InChI=1S/11Ar.2Cl3OP/c;;;;;;;;;;;2*1-5(2,3)4. The Kier molecular flexibility index (Phi) is 223. The Morgan fingerprint density at radius 3 is 0.333 bits per heavy atom. The van der Waals surface area contributed by atoms with Gasteiger partial charge in [-0.05, 0) is 67.4 Å². The van der Waals surface area contributed by atoms with Crippen LogP contribution in [0, 0.1) is 415 Å². The van der Waals surface area contributed by atoms with Crippen LogP contribution in [0.2, 0.25) is 0 Å². The van der Waals surface area contributed by atoms with Crippen molar-refractivity contribution in [2.45, 2.75) is 0 Å². The number of rotatable bonds is 0. The molecule has 21 heavy (non-hydrogen) atoms. The van der Waals surface area contributed by atoms with E-state index >= 15 is 0 Å². The van der Waals surface area contributed by atoms with Crippen LogP contribution in [-0.2, 0) is 9.13 Å². The maximum absolute atomic E-state index is 9.51. The number of halogens is 6. The molecule has 0 unspecified atom stereocenters. The van der Waals surface area contributed by atoms with E-state index in [0.717, 1.165) is 0 Å². The molecule has 0 aromatic heterocycles. The van der Waals surface area contributed by atoms with Crippen LogP contribution in [0.3, 0.4) is 0 Å². The minimum atomic E-state index is -3.22. The van der Waals surface area contributed by atoms with Crippen LogP contribution in [0.5, 0.6) is 0 Å². The minimum Gasteiger partial charge on any atom is -0.271 e. The van der Waals surface area contributed by atoms with Crippen LogP contribution >= 0.6 is 77.8 Å². The third-order valence-electron chi connectivity index (χ3n) is 0. The maximum atomic E-state index is 9.51. The van der Waals surface area contributed by atoms with E-state index in [4.69, 9.17) is 0 Å². The van der Waals surface area contributed by atoms with E-state index in [-0.39, 0.29) is 415 Å². The van der Waals surface area contributed by atoms with Crippen molar-refractivity contribution in [3.63, 3.8) is 0 Å². The van der Waals surface area contributed by atoms with Gasteiger partial charge in [0.25, 0.3) is 0 Å². The van der Waals surface area contributed by atoms with Crippen LogP contribution in [0.4, 0.5) is 0 Å². The first kappa shape index (κ1) is 83.2. The molecule has 0 aromatic carbocycles. The molecular weight excluding hydrogens is 746 g/mol. The zero-order valence-electron chi connectivity index (χ0n) is 7.87. The summed E-state index contributed by atoms with van der Waals surface area (Å²) in [6, 6.07) is 0. The predicted molar refractivity (Wildman–Crippen MR) is 50.3 cm³/mol. The molecule has 0 aromatic rings. The molecule has 0 N–H and O–H groups in total. The van der Waals surface area contributed by atoms with E-state index in [9.17, 15) is 9.13 Å². The van der Waals surface area contributed by atoms with Gasteiger partial charge in [-0.3, -0.25) is 9.13 Å². The van der Waals surface area contributed by atoms with Crippen molar-refractivity contribution in [3.8, 4) is 0 Å². The van der Waals surface area contributed by atoms with Crippen molar-refractivity contribution in [2.75, 3.05) is 0 Å². The summed E-state index contributed by atoms with van der Waals surface area (Å²) in [5.41, 5.74) is 0. The van der Waals surface area contributed by atoms with Gasteiger partial charge in [-0.15, -0.1) is 0 Å². The molecule has 0 aliphatic carbocycles. The Hall–Kier alpha value is 16.1. The molecule has 0 aliphatic rings. The monoisotopic (exact) mass is 743 g/mol. The summed E-state index contributed by atoms with van der Waals surface area (Å²) in [7, 11) is 0. The van der Waals surface area contributed by atoms with Gasteiger partial charge in [0.1, 0.15) is 0 Å². The molecule has 0 radical (unpaired) electrons. The quantitative estimate of drug-likeness (QED) is 0.302. The molecule has 0 fully saturated rings. The summed E-state index contributed by atoms with van der Waals surface area (Å²) in [4.78, 5) is 0. The van der Waals surface area contributed by atoms with E-state index in [1.165, 1.54) is 0 Å². The second-order valence-electron chi connectivity index (χ2n) is 0.797. The molecule has 152 valence electrons. The third-order valence-corrected chi connectivity index (χ3v) is 0. The number of hydrogen-bond donors (Lipinski definition) is 0. The predicted octanol–water partition coefficient (Wildman–Crippen LogP) is 5.62. The molecule has 0 amide bonds. The molecule has 0 aliphatic heterocycles. The molecular formula is Ar11Cl6O2P2. The van der Waals surface area contributed by atoms with Crippen molar-refractivity contribution >= 4 is 77.8 Å². The molecule has 0 saturated carbocycles. The zero-order chi connectivity index (χ0) is 9.00. The van der Waals surface area contributed by atoms with Crippen molar-refractivity contribution in [2.24, 2.45) is 0 Å². The van der Waals surface area contributed by atoms with Gasteiger partial charge in [0.05, 0.1) is 0 Å². The molecule has 21 heteroatoms.